The van der Waals surface area contributed by atoms with Gasteiger partial charge >= 0.3 is 0 Å². The number of carbonyl (C=O) groups excluding carboxylic acids is 3. The lowest BCUT2D eigenvalue weighted by molar-refractivity contribution is -0.118. The van der Waals surface area contributed by atoms with Crippen molar-refractivity contribution in [3.8, 4) is 5.75 Å². The lowest BCUT2D eigenvalue weighted by Gasteiger charge is -2.20. The van der Waals surface area contributed by atoms with E-state index in [1.807, 2.05) is 0 Å². The normalized spacial score (nSPS) is 14.4. The van der Waals surface area contributed by atoms with E-state index < -0.39 is 17.9 Å². The first kappa shape index (κ1) is 20.7. The number of hydrogen-bond acceptors (Lipinski definition) is 4. The predicted octanol–water partition coefficient (Wildman–Crippen LogP) is 3.23. The summed E-state index contributed by atoms with van der Waals surface area (Å²) in [7, 11) is 1.51. The molecule has 0 aliphatic carbocycles. The SMILES string of the molecule is COc1cc(NC(=O)C(C)NC(=O)c2ccccc2Cl)ccc1N1CCCC1=O. The highest BCUT2D eigenvalue weighted by atomic mass is 35.5. The van der Waals surface area contributed by atoms with Gasteiger partial charge in [-0.05, 0) is 37.6 Å². The molecule has 0 spiro atoms. The summed E-state index contributed by atoms with van der Waals surface area (Å²) in [6.07, 6.45) is 1.33. The van der Waals surface area contributed by atoms with Crippen LogP contribution in [0.4, 0.5) is 11.4 Å². The Hall–Kier alpha value is -3.06. The lowest BCUT2D eigenvalue weighted by atomic mass is 10.2. The Balaban J connectivity index is 1.67. The van der Waals surface area contributed by atoms with E-state index in [0.29, 0.717) is 40.7 Å². The smallest absolute Gasteiger partial charge is 0.253 e. The van der Waals surface area contributed by atoms with Gasteiger partial charge in [0.1, 0.15) is 11.8 Å². The van der Waals surface area contributed by atoms with Crippen LogP contribution in [0, 0.1) is 0 Å². The van der Waals surface area contributed by atoms with Gasteiger partial charge in [-0.2, -0.15) is 0 Å². The Morgan fingerprint density at radius 1 is 1.21 bits per heavy atom. The van der Waals surface area contributed by atoms with Crippen LogP contribution < -0.4 is 20.3 Å². The maximum atomic E-state index is 12.5. The number of hydrogen-bond donors (Lipinski definition) is 2. The van der Waals surface area contributed by atoms with Crippen LogP contribution in [0.25, 0.3) is 0 Å². The third kappa shape index (κ3) is 4.68. The molecule has 0 bridgehead atoms. The van der Waals surface area contributed by atoms with E-state index in [9.17, 15) is 14.4 Å². The topological polar surface area (TPSA) is 87.7 Å². The highest BCUT2D eigenvalue weighted by molar-refractivity contribution is 6.33. The lowest BCUT2D eigenvalue weighted by Crippen LogP contribution is -2.41. The number of amides is 3. The van der Waals surface area contributed by atoms with Crippen molar-refractivity contribution in [3.05, 3.63) is 53.1 Å². The van der Waals surface area contributed by atoms with E-state index in [2.05, 4.69) is 10.6 Å². The van der Waals surface area contributed by atoms with E-state index >= 15 is 0 Å². The fraction of sp³-hybridized carbons (Fsp3) is 0.286. The molecule has 29 heavy (non-hydrogen) atoms. The van der Waals surface area contributed by atoms with Crippen molar-refractivity contribution in [1.29, 1.82) is 0 Å². The fourth-order valence-electron chi connectivity index (χ4n) is 3.12. The minimum Gasteiger partial charge on any atom is -0.494 e. The zero-order valence-electron chi connectivity index (χ0n) is 16.2. The largest absolute Gasteiger partial charge is 0.494 e. The van der Waals surface area contributed by atoms with Crippen LogP contribution in [-0.4, -0.2) is 37.4 Å². The number of nitrogens with zero attached hydrogens (tertiary/aromatic N) is 1. The number of ether oxygens (including phenoxy) is 1. The molecule has 1 unspecified atom stereocenters. The predicted molar refractivity (Wildman–Crippen MR) is 112 cm³/mol. The third-order valence-corrected chi connectivity index (χ3v) is 5.00. The second-order valence-electron chi connectivity index (χ2n) is 6.70. The number of carbonyl (C=O) groups is 3. The number of halogens is 1. The molecule has 1 aliphatic heterocycles. The van der Waals surface area contributed by atoms with Gasteiger partial charge < -0.3 is 20.3 Å². The van der Waals surface area contributed by atoms with Gasteiger partial charge in [0.25, 0.3) is 5.91 Å². The van der Waals surface area contributed by atoms with E-state index in [0.717, 1.165) is 6.42 Å². The van der Waals surface area contributed by atoms with Crippen molar-refractivity contribution in [2.45, 2.75) is 25.8 Å². The molecular weight excluding hydrogens is 394 g/mol. The number of nitrogens with one attached hydrogen (secondary N) is 2. The molecule has 3 amide bonds. The van der Waals surface area contributed by atoms with Crippen molar-refractivity contribution in [2.75, 3.05) is 23.9 Å². The Morgan fingerprint density at radius 3 is 2.62 bits per heavy atom. The summed E-state index contributed by atoms with van der Waals surface area (Å²) in [6, 6.07) is 10.9. The number of rotatable bonds is 6. The van der Waals surface area contributed by atoms with Crippen molar-refractivity contribution < 1.29 is 19.1 Å². The van der Waals surface area contributed by atoms with Gasteiger partial charge in [-0.15, -0.1) is 0 Å². The Labute approximate surface area is 174 Å². The molecule has 7 nitrogen and oxygen atoms in total. The molecule has 1 saturated heterocycles. The van der Waals surface area contributed by atoms with Crippen molar-refractivity contribution >= 4 is 40.7 Å². The summed E-state index contributed by atoms with van der Waals surface area (Å²) in [6.45, 7) is 2.23. The molecule has 1 atom stereocenters. The second kappa shape index (κ2) is 8.96. The van der Waals surface area contributed by atoms with Crippen LogP contribution in [-0.2, 0) is 9.59 Å². The van der Waals surface area contributed by atoms with Gasteiger partial charge in [0.05, 0.1) is 23.4 Å². The van der Waals surface area contributed by atoms with E-state index in [1.165, 1.54) is 7.11 Å². The van der Waals surface area contributed by atoms with Gasteiger partial charge in [0, 0.05) is 24.7 Å². The summed E-state index contributed by atoms with van der Waals surface area (Å²) in [5.74, 6) is -0.280. The van der Waals surface area contributed by atoms with Gasteiger partial charge in [0.15, 0.2) is 0 Å². The van der Waals surface area contributed by atoms with Gasteiger partial charge in [0.2, 0.25) is 11.8 Å². The molecule has 2 aromatic carbocycles. The molecular formula is C21H22ClN3O4. The third-order valence-electron chi connectivity index (χ3n) is 4.67. The molecule has 3 rings (SSSR count). The fourth-order valence-corrected chi connectivity index (χ4v) is 3.34. The second-order valence-corrected chi connectivity index (χ2v) is 7.11. The summed E-state index contributed by atoms with van der Waals surface area (Å²) in [5.41, 5.74) is 1.48. The molecule has 2 aromatic rings. The first-order chi connectivity index (χ1) is 13.9. The number of methoxy groups -OCH3 is 1. The molecule has 1 aliphatic rings. The van der Waals surface area contributed by atoms with E-state index in [4.69, 9.17) is 16.3 Å². The minimum atomic E-state index is -0.787. The van der Waals surface area contributed by atoms with E-state index in [1.54, 1.807) is 54.3 Å². The number of benzene rings is 2. The highest BCUT2D eigenvalue weighted by Crippen LogP contribution is 2.33. The Kier molecular flexibility index (Phi) is 6.39. The van der Waals surface area contributed by atoms with E-state index in [-0.39, 0.29) is 5.91 Å². The average molecular weight is 416 g/mol. The van der Waals surface area contributed by atoms with Gasteiger partial charge in [-0.3, -0.25) is 14.4 Å². The van der Waals surface area contributed by atoms with Crippen molar-refractivity contribution in [3.63, 3.8) is 0 Å². The summed E-state index contributed by atoms with van der Waals surface area (Å²) in [4.78, 5) is 38.5. The average Bonchev–Trinajstić information content (AvgIpc) is 3.13. The molecule has 0 saturated carbocycles. The summed E-state index contributed by atoms with van der Waals surface area (Å²) < 4.78 is 5.39. The maximum Gasteiger partial charge on any atom is 0.253 e. The molecule has 1 heterocycles. The quantitative estimate of drug-likeness (QED) is 0.758. The van der Waals surface area contributed by atoms with Crippen molar-refractivity contribution in [2.24, 2.45) is 0 Å². The molecule has 2 N–H and O–H groups in total. The molecule has 0 radical (unpaired) electrons. The molecule has 0 aromatic heterocycles. The first-order valence-electron chi connectivity index (χ1n) is 9.25. The first-order valence-corrected chi connectivity index (χ1v) is 9.63. The highest BCUT2D eigenvalue weighted by Gasteiger charge is 2.25. The zero-order valence-corrected chi connectivity index (χ0v) is 17.0. The van der Waals surface area contributed by atoms with Crippen LogP contribution in [0.2, 0.25) is 5.02 Å². The van der Waals surface area contributed by atoms with Crippen LogP contribution in [0.5, 0.6) is 5.75 Å². The number of anilines is 2. The zero-order chi connectivity index (χ0) is 21.0. The Morgan fingerprint density at radius 2 is 1.97 bits per heavy atom. The van der Waals surface area contributed by atoms with Crippen LogP contribution >= 0.6 is 11.6 Å². The van der Waals surface area contributed by atoms with Gasteiger partial charge in [-0.25, -0.2) is 0 Å². The summed E-state index contributed by atoms with van der Waals surface area (Å²) >= 11 is 6.02. The standard InChI is InChI=1S/C21H22ClN3O4/c1-13(23-21(28)15-6-3-4-7-16(15)22)20(27)24-14-9-10-17(18(12-14)29-2)25-11-5-8-19(25)26/h3-4,6-7,9-10,12-13H,5,8,11H2,1-2H3,(H,23,28)(H,24,27). The van der Waals surface area contributed by atoms with Crippen LogP contribution in [0.1, 0.15) is 30.1 Å². The van der Waals surface area contributed by atoms with Gasteiger partial charge in [-0.1, -0.05) is 23.7 Å². The summed E-state index contributed by atoms with van der Waals surface area (Å²) in [5, 5.41) is 5.69. The molecule has 1 fully saturated rings. The van der Waals surface area contributed by atoms with Crippen molar-refractivity contribution in [1.82, 2.24) is 5.32 Å². The van der Waals surface area contributed by atoms with Crippen LogP contribution in [0.15, 0.2) is 42.5 Å². The molecule has 8 heteroatoms. The minimum absolute atomic E-state index is 0.0518. The maximum absolute atomic E-state index is 12.5. The molecule has 152 valence electrons. The monoisotopic (exact) mass is 415 g/mol. The Bertz CT molecular complexity index is 947. The van der Waals surface area contributed by atoms with Crippen LogP contribution in [0.3, 0.4) is 0 Å².